The quantitative estimate of drug-likeness (QED) is 0.765. The first-order valence-corrected chi connectivity index (χ1v) is 6.95. The van der Waals surface area contributed by atoms with E-state index in [0.29, 0.717) is 22.9 Å². The summed E-state index contributed by atoms with van der Waals surface area (Å²) in [5, 5.41) is 0.823. The number of aldehydes is 1. The van der Waals surface area contributed by atoms with E-state index in [9.17, 15) is 4.79 Å². The molecular weight excluding hydrogens is 268 g/mol. The molecule has 1 heterocycles. The van der Waals surface area contributed by atoms with Crippen LogP contribution >= 0.6 is 0 Å². The smallest absolute Gasteiger partial charge is 0.153 e. The van der Waals surface area contributed by atoms with Gasteiger partial charge in [-0.05, 0) is 26.0 Å². The molecule has 0 bridgehead atoms. The van der Waals surface area contributed by atoms with Gasteiger partial charge in [0.15, 0.2) is 6.29 Å². The van der Waals surface area contributed by atoms with Crippen LogP contribution < -0.4 is 14.4 Å². The summed E-state index contributed by atoms with van der Waals surface area (Å²) in [6.07, 6.45) is 0.839. The Morgan fingerprint density at radius 2 is 1.86 bits per heavy atom. The lowest BCUT2D eigenvalue weighted by molar-refractivity contribution is 0.112. The van der Waals surface area contributed by atoms with Crippen LogP contribution in [0.15, 0.2) is 18.2 Å². The zero-order valence-electron chi connectivity index (χ0n) is 12.8. The molecule has 0 spiro atoms. The topological polar surface area (TPSA) is 51.7 Å². The molecule has 21 heavy (non-hydrogen) atoms. The summed E-state index contributed by atoms with van der Waals surface area (Å²) in [4.78, 5) is 18.1. The molecule has 2 rings (SSSR count). The highest BCUT2D eigenvalue weighted by atomic mass is 16.5. The van der Waals surface area contributed by atoms with Crippen LogP contribution in [0.2, 0.25) is 0 Å². The highest BCUT2D eigenvalue weighted by Crippen LogP contribution is 2.32. The summed E-state index contributed by atoms with van der Waals surface area (Å²) in [5.41, 5.74) is 1.30. The third kappa shape index (κ3) is 2.77. The molecule has 2 aromatic rings. The third-order valence-corrected chi connectivity index (χ3v) is 3.51. The van der Waals surface area contributed by atoms with Gasteiger partial charge in [-0.3, -0.25) is 4.79 Å². The minimum absolute atomic E-state index is 0.571. The van der Waals surface area contributed by atoms with E-state index >= 15 is 0 Å². The highest BCUT2D eigenvalue weighted by molar-refractivity contribution is 5.95. The first kappa shape index (κ1) is 15.1. The van der Waals surface area contributed by atoms with Crippen molar-refractivity contribution in [1.82, 2.24) is 4.98 Å². The fraction of sp³-hybridized carbons (Fsp3) is 0.375. The summed E-state index contributed by atoms with van der Waals surface area (Å²) in [6.45, 7) is 5.65. The van der Waals surface area contributed by atoms with Gasteiger partial charge >= 0.3 is 0 Å². The summed E-state index contributed by atoms with van der Waals surface area (Å²) in [6, 6.07) is 5.47. The average molecular weight is 288 g/mol. The molecule has 0 atom stereocenters. The second-order valence-corrected chi connectivity index (χ2v) is 4.59. The molecule has 0 amide bonds. The molecule has 112 valence electrons. The summed E-state index contributed by atoms with van der Waals surface area (Å²) < 4.78 is 10.6. The van der Waals surface area contributed by atoms with Crippen molar-refractivity contribution < 1.29 is 14.3 Å². The Morgan fingerprint density at radius 3 is 2.38 bits per heavy atom. The van der Waals surface area contributed by atoms with Gasteiger partial charge in [-0.25, -0.2) is 4.98 Å². The number of ether oxygens (including phenoxy) is 2. The van der Waals surface area contributed by atoms with E-state index in [4.69, 9.17) is 9.47 Å². The monoisotopic (exact) mass is 288 g/mol. The van der Waals surface area contributed by atoms with E-state index in [1.165, 1.54) is 0 Å². The molecule has 1 aromatic carbocycles. The van der Waals surface area contributed by atoms with Crippen molar-refractivity contribution in [3.8, 4) is 11.5 Å². The van der Waals surface area contributed by atoms with Gasteiger partial charge in [0, 0.05) is 24.5 Å². The Labute approximate surface area is 124 Å². The normalized spacial score (nSPS) is 10.5. The van der Waals surface area contributed by atoms with Crippen molar-refractivity contribution >= 4 is 23.0 Å². The van der Waals surface area contributed by atoms with Crippen molar-refractivity contribution in [2.75, 3.05) is 32.2 Å². The number of carbonyl (C=O) groups is 1. The van der Waals surface area contributed by atoms with E-state index < -0.39 is 0 Å². The van der Waals surface area contributed by atoms with Crippen LogP contribution in [0.1, 0.15) is 24.2 Å². The number of anilines is 1. The van der Waals surface area contributed by atoms with E-state index in [2.05, 4.69) is 4.98 Å². The maximum Gasteiger partial charge on any atom is 0.153 e. The second-order valence-electron chi connectivity index (χ2n) is 4.59. The first-order valence-electron chi connectivity index (χ1n) is 6.95. The lowest BCUT2D eigenvalue weighted by Crippen LogP contribution is -2.24. The molecule has 5 nitrogen and oxygen atoms in total. The predicted molar refractivity (Wildman–Crippen MR) is 83.8 cm³/mol. The third-order valence-electron chi connectivity index (χ3n) is 3.51. The van der Waals surface area contributed by atoms with Gasteiger partial charge in [0.2, 0.25) is 0 Å². The number of hydrogen-bond acceptors (Lipinski definition) is 5. The lowest BCUT2D eigenvalue weighted by Gasteiger charge is -2.22. The minimum atomic E-state index is 0.571. The first-order chi connectivity index (χ1) is 10.2. The summed E-state index contributed by atoms with van der Waals surface area (Å²) in [7, 11) is 3.19. The Morgan fingerprint density at radius 1 is 1.14 bits per heavy atom. The molecule has 0 radical (unpaired) electrons. The van der Waals surface area contributed by atoms with Crippen molar-refractivity contribution in [3.63, 3.8) is 0 Å². The minimum Gasteiger partial charge on any atom is -0.497 e. The number of methoxy groups -OCH3 is 2. The van der Waals surface area contributed by atoms with E-state index in [1.807, 2.05) is 30.9 Å². The van der Waals surface area contributed by atoms with Crippen LogP contribution in [0.5, 0.6) is 11.5 Å². The number of carbonyl (C=O) groups excluding carboxylic acids is 1. The number of aromatic nitrogens is 1. The van der Waals surface area contributed by atoms with Gasteiger partial charge in [-0.15, -0.1) is 0 Å². The summed E-state index contributed by atoms with van der Waals surface area (Å²) in [5.74, 6) is 2.00. The molecule has 0 saturated carbocycles. The van der Waals surface area contributed by atoms with Gasteiger partial charge in [0.1, 0.15) is 22.8 Å². The van der Waals surface area contributed by atoms with Gasteiger partial charge < -0.3 is 14.4 Å². The van der Waals surface area contributed by atoms with Crippen LogP contribution in [-0.4, -0.2) is 38.6 Å². The number of nitrogens with zero attached hydrogens (tertiary/aromatic N) is 2. The maximum absolute atomic E-state index is 11.4. The van der Waals surface area contributed by atoms with Crippen LogP contribution in [0, 0.1) is 0 Å². The molecular formula is C16H20N2O3. The SMILES string of the molecule is CCN(CC)c1nc2c(OC)cc(OC)cc2cc1C=O. The van der Waals surface area contributed by atoms with Crippen molar-refractivity contribution in [1.29, 1.82) is 0 Å². The zero-order chi connectivity index (χ0) is 15.4. The molecule has 0 N–H and O–H groups in total. The summed E-state index contributed by atoms with van der Waals surface area (Å²) >= 11 is 0. The predicted octanol–water partition coefficient (Wildman–Crippen LogP) is 2.91. The molecule has 0 aliphatic heterocycles. The Bertz CT molecular complexity index is 652. The molecule has 0 aliphatic rings. The molecule has 0 fully saturated rings. The average Bonchev–Trinajstić information content (AvgIpc) is 2.54. The Hall–Kier alpha value is -2.30. The lowest BCUT2D eigenvalue weighted by atomic mass is 10.1. The molecule has 0 aliphatic carbocycles. The van der Waals surface area contributed by atoms with Crippen molar-refractivity contribution in [2.45, 2.75) is 13.8 Å². The molecule has 5 heteroatoms. The standard InChI is InChI=1S/C16H20N2O3/c1-5-18(6-2)16-12(10-19)7-11-8-13(20-3)9-14(21-4)15(11)17-16/h7-10H,5-6H2,1-4H3. The maximum atomic E-state index is 11.4. The van der Waals surface area contributed by atoms with E-state index in [-0.39, 0.29) is 0 Å². The van der Waals surface area contributed by atoms with Gasteiger partial charge in [-0.2, -0.15) is 0 Å². The van der Waals surface area contributed by atoms with Crippen molar-refractivity contribution in [3.05, 3.63) is 23.8 Å². The largest absolute Gasteiger partial charge is 0.497 e. The van der Waals surface area contributed by atoms with Gasteiger partial charge in [-0.1, -0.05) is 0 Å². The Balaban J connectivity index is 2.74. The fourth-order valence-corrected chi connectivity index (χ4v) is 2.37. The number of hydrogen-bond donors (Lipinski definition) is 0. The molecule has 0 unspecified atom stereocenters. The van der Waals surface area contributed by atoms with E-state index in [1.54, 1.807) is 20.3 Å². The highest BCUT2D eigenvalue weighted by Gasteiger charge is 2.15. The van der Waals surface area contributed by atoms with Crippen LogP contribution in [-0.2, 0) is 0 Å². The number of pyridine rings is 1. The number of benzene rings is 1. The van der Waals surface area contributed by atoms with Gasteiger partial charge in [0.25, 0.3) is 0 Å². The van der Waals surface area contributed by atoms with Crippen LogP contribution in [0.3, 0.4) is 0 Å². The van der Waals surface area contributed by atoms with E-state index in [0.717, 1.165) is 30.3 Å². The number of fused-ring (bicyclic) bond motifs is 1. The molecule has 0 saturated heterocycles. The fourth-order valence-electron chi connectivity index (χ4n) is 2.37. The Kier molecular flexibility index (Phi) is 4.62. The van der Waals surface area contributed by atoms with Gasteiger partial charge in [0.05, 0.1) is 19.8 Å². The van der Waals surface area contributed by atoms with Crippen LogP contribution in [0.4, 0.5) is 5.82 Å². The van der Waals surface area contributed by atoms with Crippen LogP contribution in [0.25, 0.3) is 10.9 Å². The number of rotatable bonds is 6. The second kappa shape index (κ2) is 6.43. The van der Waals surface area contributed by atoms with Crippen molar-refractivity contribution in [2.24, 2.45) is 0 Å². The molecule has 1 aromatic heterocycles. The zero-order valence-corrected chi connectivity index (χ0v) is 12.8.